The molecule has 0 bridgehead atoms. The van der Waals surface area contributed by atoms with Crippen LogP contribution >= 0.6 is 0 Å². The second-order valence-electron chi connectivity index (χ2n) is 6.50. The molecule has 0 aromatic carbocycles. The monoisotopic (exact) mass is 256 g/mol. The topological polar surface area (TPSA) is 58.3 Å². The van der Waals surface area contributed by atoms with Crippen LogP contribution in [0.15, 0.2) is 0 Å². The lowest BCUT2D eigenvalue weighted by atomic mass is 9.71. The Labute approximate surface area is 113 Å². The zero-order valence-corrected chi connectivity index (χ0v) is 12.4. The predicted octanol–water partition coefficient (Wildman–Crippen LogP) is 2.28. The number of aliphatic hydroxyl groups is 1. The summed E-state index contributed by atoms with van der Waals surface area (Å²) in [5.41, 5.74) is 6.21. The molecule has 3 heteroatoms. The van der Waals surface area contributed by atoms with Crippen LogP contribution < -0.4 is 11.1 Å². The second kappa shape index (κ2) is 7.46. The summed E-state index contributed by atoms with van der Waals surface area (Å²) in [6.45, 7) is 7.89. The zero-order chi connectivity index (χ0) is 13.6. The molecule has 4 N–H and O–H groups in total. The van der Waals surface area contributed by atoms with Gasteiger partial charge in [0, 0.05) is 24.7 Å². The summed E-state index contributed by atoms with van der Waals surface area (Å²) in [7, 11) is 0. The highest BCUT2D eigenvalue weighted by Crippen LogP contribution is 2.36. The van der Waals surface area contributed by atoms with Crippen LogP contribution in [0.4, 0.5) is 0 Å². The lowest BCUT2D eigenvalue weighted by Gasteiger charge is -2.44. The molecule has 108 valence electrons. The van der Waals surface area contributed by atoms with E-state index in [-0.39, 0.29) is 12.1 Å². The average Bonchev–Trinajstić information content (AvgIpc) is 2.36. The fourth-order valence-corrected chi connectivity index (χ4v) is 3.35. The first kappa shape index (κ1) is 15.9. The quantitative estimate of drug-likeness (QED) is 0.655. The molecule has 0 spiro atoms. The zero-order valence-electron chi connectivity index (χ0n) is 12.4. The number of hydrogen-bond acceptors (Lipinski definition) is 3. The van der Waals surface area contributed by atoms with Crippen molar-refractivity contribution < 1.29 is 5.11 Å². The molecule has 3 atom stereocenters. The fourth-order valence-electron chi connectivity index (χ4n) is 3.35. The van der Waals surface area contributed by atoms with Gasteiger partial charge < -0.3 is 16.2 Å². The molecule has 0 aromatic heterocycles. The van der Waals surface area contributed by atoms with Gasteiger partial charge in [0.25, 0.3) is 0 Å². The Hall–Kier alpha value is -0.120. The van der Waals surface area contributed by atoms with E-state index < -0.39 is 0 Å². The van der Waals surface area contributed by atoms with Crippen molar-refractivity contribution in [2.45, 2.75) is 70.9 Å². The molecule has 0 saturated heterocycles. The molecule has 1 fully saturated rings. The largest absolute Gasteiger partial charge is 0.396 e. The number of rotatable bonds is 7. The van der Waals surface area contributed by atoms with Crippen LogP contribution in [0.1, 0.15) is 59.3 Å². The lowest BCUT2D eigenvalue weighted by Crippen LogP contribution is -2.57. The van der Waals surface area contributed by atoms with Gasteiger partial charge in [-0.15, -0.1) is 0 Å². The van der Waals surface area contributed by atoms with Crippen LogP contribution in [0.3, 0.4) is 0 Å². The van der Waals surface area contributed by atoms with Crippen molar-refractivity contribution in [2.75, 3.05) is 13.2 Å². The third-order valence-electron chi connectivity index (χ3n) is 4.56. The standard InChI is InChI=1S/C15H32N2O/c1-12(2)14-7-4-8-15(10-14,11-16)17-13(3)6-5-9-18/h12-14,17-18H,4-11,16H2,1-3H3. The maximum Gasteiger partial charge on any atom is 0.0431 e. The number of aliphatic hydroxyl groups excluding tert-OH is 1. The van der Waals surface area contributed by atoms with E-state index in [2.05, 4.69) is 26.1 Å². The Bertz CT molecular complexity index is 233. The van der Waals surface area contributed by atoms with Gasteiger partial charge in [-0.3, -0.25) is 0 Å². The summed E-state index contributed by atoms with van der Waals surface area (Å²) in [6, 6.07) is 0.451. The number of nitrogens with two attached hydrogens (primary N) is 1. The number of nitrogens with one attached hydrogen (secondary N) is 1. The minimum absolute atomic E-state index is 0.141. The van der Waals surface area contributed by atoms with Gasteiger partial charge in [-0.05, 0) is 44.4 Å². The molecule has 3 nitrogen and oxygen atoms in total. The molecule has 1 aliphatic rings. The van der Waals surface area contributed by atoms with Gasteiger partial charge in [-0.25, -0.2) is 0 Å². The van der Waals surface area contributed by atoms with Crippen LogP contribution in [-0.4, -0.2) is 29.8 Å². The Kier molecular flexibility index (Phi) is 6.61. The lowest BCUT2D eigenvalue weighted by molar-refractivity contribution is 0.138. The Morgan fingerprint density at radius 1 is 1.39 bits per heavy atom. The maximum absolute atomic E-state index is 8.90. The third-order valence-corrected chi connectivity index (χ3v) is 4.56. The van der Waals surface area contributed by atoms with Crippen LogP contribution in [-0.2, 0) is 0 Å². The molecule has 1 aliphatic carbocycles. The summed E-state index contributed by atoms with van der Waals surface area (Å²) in [4.78, 5) is 0. The minimum atomic E-state index is 0.141. The van der Waals surface area contributed by atoms with Gasteiger partial charge in [0.15, 0.2) is 0 Å². The van der Waals surface area contributed by atoms with Crippen LogP contribution in [0.2, 0.25) is 0 Å². The SMILES string of the molecule is CC(CCCO)NC1(CN)CCCC(C(C)C)C1. The van der Waals surface area contributed by atoms with Crippen LogP contribution in [0, 0.1) is 11.8 Å². The molecule has 1 rings (SSSR count). The highest BCUT2D eigenvalue weighted by molar-refractivity contribution is 4.96. The van der Waals surface area contributed by atoms with Gasteiger partial charge in [-0.1, -0.05) is 26.7 Å². The van der Waals surface area contributed by atoms with Crippen molar-refractivity contribution in [3.63, 3.8) is 0 Å². The fraction of sp³-hybridized carbons (Fsp3) is 1.00. The second-order valence-corrected chi connectivity index (χ2v) is 6.50. The molecule has 0 aliphatic heterocycles. The van der Waals surface area contributed by atoms with Crippen molar-refractivity contribution in [3.8, 4) is 0 Å². The Balaban J connectivity index is 2.55. The molecule has 18 heavy (non-hydrogen) atoms. The van der Waals surface area contributed by atoms with Crippen molar-refractivity contribution in [1.29, 1.82) is 0 Å². The van der Waals surface area contributed by atoms with Gasteiger partial charge >= 0.3 is 0 Å². The van der Waals surface area contributed by atoms with E-state index in [9.17, 15) is 0 Å². The molecule has 0 heterocycles. The van der Waals surface area contributed by atoms with Crippen molar-refractivity contribution in [1.82, 2.24) is 5.32 Å². The Morgan fingerprint density at radius 2 is 2.11 bits per heavy atom. The highest BCUT2D eigenvalue weighted by atomic mass is 16.2. The normalized spacial score (nSPS) is 30.7. The molecule has 0 radical (unpaired) electrons. The summed E-state index contributed by atoms with van der Waals surface area (Å²) < 4.78 is 0. The minimum Gasteiger partial charge on any atom is -0.396 e. The molecule has 3 unspecified atom stereocenters. The highest BCUT2D eigenvalue weighted by Gasteiger charge is 2.36. The smallest absolute Gasteiger partial charge is 0.0431 e. The van der Waals surface area contributed by atoms with E-state index in [0.717, 1.165) is 31.2 Å². The van der Waals surface area contributed by atoms with E-state index in [1.807, 2.05) is 0 Å². The number of hydrogen-bond donors (Lipinski definition) is 3. The first-order chi connectivity index (χ1) is 8.53. The van der Waals surface area contributed by atoms with Crippen molar-refractivity contribution in [2.24, 2.45) is 17.6 Å². The van der Waals surface area contributed by atoms with Crippen molar-refractivity contribution in [3.05, 3.63) is 0 Å². The Morgan fingerprint density at radius 3 is 2.67 bits per heavy atom. The van der Waals surface area contributed by atoms with Crippen LogP contribution in [0.25, 0.3) is 0 Å². The molecular weight excluding hydrogens is 224 g/mol. The summed E-state index contributed by atoms with van der Waals surface area (Å²) in [6.07, 6.45) is 6.97. The first-order valence-electron chi connectivity index (χ1n) is 7.61. The van der Waals surface area contributed by atoms with E-state index in [4.69, 9.17) is 10.8 Å². The first-order valence-corrected chi connectivity index (χ1v) is 7.61. The molecule has 1 saturated carbocycles. The van der Waals surface area contributed by atoms with Crippen LogP contribution in [0.5, 0.6) is 0 Å². The van der Waals surface area contributed by atoms with Gasteiger partial charge in [0.2, 0.25) is 0 Å². The molecule has 0 aromatic rings. The van der Waals surface area contributed by atoms with E-state index in [1.54, 1.807) is 0 Å². The predicted molar refractivity (Wildman–Crippen MR) is 77.5 cm³/mol. The third kappa shape index (κ3) is 4.52. The van der Waals surface area contributed by atoms with E-state index >= 15 is 0 Å². The summed E-state index contributed by atoms with van der Waals surface area (Å²) in [5.74, 6) is 1.56. The van der Waals surface area contributed by atoms with Gasteiger partial charge in [-0.2, -0.15) is 0 Å². The van der Waals surface area contributed by atoms with E-state index in [0.29, 0.717) is 6.04 Å². The average molecular weight is 256 g/mol. The van der Waals surface area contributed by atoms with Gasteiger partial charge in [0.05, 0.1) is 0 Å². The maximum atomic E-state index is 8.90. The van der Waals surface area contributed by atoms with Gasteiger partial charge in [0.1, 0.15) is 0 Å². The van der Waals surface area contributed by atoms with E-state index in [1.165, 1.54) is 25.7 Å². The molecular formula is C15H32N2O. The summed E-state index contributed by atoms with van der Waals surface area (Å²) in [5, 5.41) is 12.7. The summed E-state index contributed by atoms with van der Waals surface area (Å²) >= 11 is 0. The molecule has 0 amide bonds. The van der Waals surface area contributed by atoms with Crippen molar-refractivity contribution >= 4 is 0 Å².